The number of rotatable bonds is 19. The molecular formula is C34H63IN2O8S2. The van der Waals surface area contributed by atoms with Gasteiger partial charge < -0.3 is 9.47 Å². The maximum absolute atomic E-state index is 12.4. The lowest BCUT2D eigenvalue weighted by Gasteiger charge is -2.22. The van der Waals surface area contributed by atoms with Crippen LogP contribution in [0.3, 0.4) is 0 Å². The van der Waals surface area contributed by atoms with Crippen LogP contribution in [-0.2, 0) is 29.5 Å². The van der Waals surface area contributed by atoms with Gasteiger partial charge in [0.05, 0.1) is 10.00 Å². The molecule has 0 atom stereocenters. The number of alkyl halides is 1. The van der Waals surface area contributed by atoms with Crippen LogP contribution >= 0.6 is 22.6 Å². The van der Waals surface area contributed by atoms with Gasteiger partial charge in [-0.2, -0.15) is 0 Å². The van der Waals surface area contributed by atoms with Crippen molar-refractivity contribution in [3.05, 3.63) is 25.3 Å². The van der Waals surface area contributed by atoms with E-state index in [0.29, 0.717) is 32.1 Å². The zero-order valence-electron chi connectivity index (χ0n) is 29.8. The first-order valence-corrected chi connectivity index (χ1v) is 21.6. The van der Waals surface area contributed by atoms with Crippen molar-refractivity contribution in [2.24, 2.45) is 0 Å². The molecule has 0 aromatic heterocycles. The Kier molecular flexibility index (Phi) is 21.7. The van der Waals surface area contributed by atoms with Crippen LogP contribution in [0.1, 0.15) is 151 Å². The molecule has 2 fully saturated rings. The van der Waals surface area contributed by atoms with Gasteiger partial charge in [0.15, 0.2) is 0 Å². The van der Waals surface area contributed by atoms with Crippen LogP contribution < -0.4 is 9.44 Å². The molecule has 0 aromatic carbocycles. The van der Waals surface area contributed by atoms with Crippen LogP contribution in [0.15, 0.2) is 25.3 Å². The lowest BCUT2D eigenvalue weighted by atomic mass is 10.1. The Hall–Kier alpha value is -1.35. The van der Waals surface area contributed by atoms with Crippen molar-refractivity contribution in [3.63, 3.8) is 0 Å². The van der Waals surface area contributed by atoms with Crippen LogP contribution in [0.2, 0.25) is 0 Å². The Morgan fingerprint density at radius 1 is 0.723 bits per heavy atom. The number of hydrogen-bond donors (Lipinski definition) is 2. The summed E-state index contributed by atoms with van der Waals surface area (Å²) in [4.78, 5) is 22.8. The Morgan fingerprint density at radius 3 is 1.51 bits per heavy atom. The summed E-state index contributed by atoms with van der Waals surface area (Å²) in [6.07, 6.45) is 19.8. The minimum Gasteiger partial charge on any atom is -0.443 e. The van der Waals surface area contributed by atoms with E-state index in [9.17, 15) is 26.4 Å². The zero-order chi connectivity index (χ0) is 36.2. The largest absolute Gasteiger partial charge is 0.443 e. The molecule has 2 N–H and O–H groups in total. The van der Waals surface area contributed by atoms with E-state index >= 15 is 0 Å². The maximum atomic E-state index is 12.4. The number of unbranched alkanes of at least 4 members (excludes halogenated alkanes) is 10. The number of sulfonamides is 2. The highest BCUT2D eigenvalue weighted by atomic mass is 127. The molecule has 47 heavy (non-hydrogen) atoms. The first-order chi connectivity index (χ1) is 21.7. The van der Waals surface area contributed by atoms with E-state index in [4.69, 9.17) is 9.47 Å². The standard InChI is InChI=1S/C17H31NO4S.C9H17I.C8H15NO4S/c1-5-6-7-8-9-10-11-12-17(13-14-17)23(20,21)18-15(19)22-16(2,3)4;1-2-3-4-5-6-7-8-9-10;1-8(2,3)13-7(10)9-14(11,12)6-4-5-6/h5H,1,6-14H2,2-4H3,(H,18,19);2H,1,3-9H2;6H,4-5H2,1-3H3,(H,9,10). The molecule has 0 aromatic rings. The van der Waals surface area contributed by atoms with E-state index in [0.717, 1.165) is 38.5 Å². The smallest absolute Gasteiger partial charge is 0.421 e. The first-order valence-electron chi connectivity index (χ1n) is 17.0. The third kappa shape index (κ3) is 23.6. The highest BCUT2D eigenvalue weighted by Crippen LogP contribution is 2.47. The minimum atomic E-state index is -3.66. The van der Waals surface area contributed by atoms with Gasteiger partial charge in [-0.05, 0) is 110 Å². The third-order valence-electron chi connectivity index (χ3n) is 7.16. The zero-order valence-corrected chi connectivity index (χ0v) is 33.6. The van der Waals surface area contributed by atoms with E-state index in [-0.39, 0.29) is 0 Å². The number of hydrogen-bond acceptors (Lipinski definition) is 8. The maximum Gasteiger partial charge on any atom is 0.421 e. The molecule has 0 unspecified atom stereocenters. The summed E-state index contributed by atoms with van der Waals surface area (Å²) >= 11 is 2.44. The van der Waals surface area contributed by atoms with Crippen molar-refractivity contribution >= 4 is 54.8 Å². The second kappa shape index (κ2) is 22.4. The van der Waals surface area contributed by atoms with Gasteiger partial charge in [-0.3, -0.25) is 0 Å². The molecule has 0 saturated heterocycles. The summed E-state index contributed by atoms with van der Waals surface area (Å²) in [5.74, 6) is 0. The fourth-order valence-electron chi connectivity index (χ4n) is 4.37. The highest BCUT2D eigenvalue weighted by molar-refractivity contribution is 14.1. The summed E-state index contributed by atoms with van der Waals surface area (Å²) in [7, 11) is -7.14. The monoisotopic (exact) mass is 818 g/mol. The first kappa shape index (κ1) is 45.6. The van der Waals surface area contributed by atoms with Gasteiger partial charge in [-0.15, -0.1) is 13.2 Å². The molecule has 0 bridgehead atoms. The van der Waals surface area contributed by atoms with Gasteiger partial charge in [0.25, 0.3) is 0 Å². The van der Waals surface area contributed by atoms with Crippen molar-refractivity contribution < 1.29 is 35.9 Å². The topological polar surface area (TPSA) is 145 Å². The summed E-state index contributed by atoms with van der Waals surface area (Å²) in [5, 5.41) is -0.407. The Morgan fingerprint density at radius 2 is 1.13 bits per heavy atom. The molecule has 0 radical (unpaired) electrons. The number of allylic oxidation sites excluding steroid dienone is 2. The number of carbonyl (C=O) groups excluding carboxylic acids is 2. The van der Waals surface area contributed by atoms with Gasteiger partial charge in [-0.25, -0.2) is 35.9 Å². The SMILES string of the molecule is C=CCCCCCCCC1(S(=O)(=O)NC(=O)OC(C)(C)C)CC1.C=CCCCCCCCI.CC(C)(C)OC(=O)NS(=O)(=O)C1CC1. The van der Waals surface area contributed by atoms with Gasteiger partial charge in [0, 0.05) is 0 Å². The number of carbonyl (C=O) groups is 2. The van der Waals surface area contributed by atoms with E-state index in [1.165, 1.54) is 43.0 Å². The van der Waals surface area contributed by atoms with E-state index in [1.807, 2.05) is 16.9 Å². The van der Waals surface area contributed by atoms with Crippen molar-refractivity contribution in [2.45, 2.75) is 172 Å². The predicted octanol–water partition coefficient (Wildman–Crippen LogP) is 9.24. The van der Waals surface area contributed by atoms with Gasteiger partial charge >= 0.3 is 12.2 Å². The van der Waals surface area contributed by atoms with Crippen molar-refractivity contribution in [3.8, 4) is 0 Å². The number of amides is 2. The molecule has 10 nitrogen and oxygen atoms in total. The van der Waals surface area contributed by atoms with Crippen LogP contribution in [0.4, 0.5) is 9.59 Å². The Labute approximate surface area is 300 Å². The number of halogens is 1. The predicted molar refractivity (Wildman–Crippen MR) is 201 cm³/mol. The van der Waals surface area contributed by atoms with Crippen LogP contribution in [0, 0.1) is 0 Å². The van der Waals surface area contributed by atoms with Gasteiger partial charge in [-0.1, -0.05) is 79.7 Å². The van der Waals surface area contributed by atoms with Crippen molar-refractivity contribution in [1.29, 1.82) is 0 Å². The quantitative estimate of drug-likeness (QED) is 0.0568. The van der Waals surface area contributed by atoms with Crippen LogP contribution in [0.25, 0.3) is 0 Å². The second-order valence-corrected chi connectivity index (χ2v) is 19.4. The van der Waals surface area contributed by atoms with Crippen molar-refractivity contribution in [2.75, 3.05) is 4.43 Å². The third-order valence-corrected chi connectivity index (χ3v) is 11.9. The lowest BCUT2D eigenvalue weighted by Crippen LogP contribution is -2.42. The van der Waals surface area contributed by atoms with E-state index in [2.05, 4.69) is 40.5 Å². The molecule has 0 heterocycles. The Balaban J connectivity index is 0.000000748. The second-order valence-electron chi connectivity index (χ2n) is 14.3. The van der Waals surface area contributed by atoms with Gasteiger partial charge in [0.1, 0.15) is 11.2 Å². The number of ether oxygens (including phenoxy) is 2. The van der Waals surface area contributed by atoms with Crippen LogP contribution in [0.5, 0.6) is 0 Å². The average Bonchev–Trinajstić information content (AvgIpc) is 3.82. The molecular weight excluding hydrogens is 755 g/mol. The van der Waals surface area contributed by atoms with Crippen molar-refractivity contribution in [1.82, 2.24) is 9.44 Å². The molecule has 13 heteroatoms. The summed E-state index contributed by atoms with van der Waals surface area (Å²) in [6, 6.07) is 0. The van der Waals surface area contributed by atoms with Gasteiger partial charge in [0.2, 0.25) is 20.0 Å². The molecule has 276 valence electrons. The normalized spacial score (nSPS) is 15.5. The molecule has 2 saturated carbocycles. The molecule has 0 aliphatic heterocycles. The number of nitrogens with one attached hydrogen (secondary N) is 2. The molecule has 2 aliphatic carbocycles. The summed E-state index contributed by atoms with van der Waals surface area (Å²) < 4.78 is 61.7. The minimum absolute atomic E-state index is 0.407. The van der Waals surface area contributed by atoms with Crippen LogP contribution in [-0.4, -0.2) is 54.6 Å². The molecule has 0 spiro atoms. The summed E-state index contributed by atoms with van der Waals surface area (Å²) in [6.45, 7) is 17.5. The fraction of sp³-hybridized carbons (Fsp3) is 0.824. The Bertz CT molecular complexity index is 1150. The summed E-state index contributed by atoms with van der Waals surface area (Å²) in [5.41, 5.74) is -1.38. The highest BCUT2D eigenvalue weighted by Gasteiger charge is 2.54. The molecule has 2 rings (SSSR count). The van der Waals surface area contributed by atoms with E-state index < -0.39 is 53.4 Å². The lowest BCUT2D eigenvalue weighted by molar-refractivity contribution is 0.0557. The fourth-order valence-corrected chi connectivity index (χ4v) is 7.63. The average molecular weight is 819 g/mol. The molecule has 2 amide bonds. The van der Waals surface area contributed by atoms with E-state index in [1.54, 1.807) is 41.5 Å². The molecule has 2 aliphatic rings.